The van der Waals surface area contributed by atoms with E-state index in [1.807, 2.05) is 0 Å². The molecular weight excluding hydrogens is 408 g/mol. The summed E-state index contributed by atoms with van der Waals surface area (Å²) in [6, 6.07) is 6.40. The molecule has 0 fully saturated rings. The second-order valence-corrected chi connectivity index (χ2v) is 6.74. The third-order valence-electron chi connectivity index (χ3n) is 3.83. The Labute approximate surface area is 165 Å². The number of ether oxygens (including phenoxy) is 1. The van der Waals surface area contributed by atoms with E-state index < -0.39 is 34.0 Å². The lowest BCUT2D eigenvalue weighted by Crippen LogP contribution is -2.23. The molecule has 0 radical (unpaired) electrons. The van der Waals surface area contributed by atoms with Crippen molar-refractivity contribution in [3.05, 3.63) is 68.5 Å². The molecule has 0 aliphatic carbocycles. The van der Waals surface area contributed by atoms with Crippen molar-refractivity contribution in [2.24, 2.45) is 4.99 Å². The maximum absolute atomic E-state index is 13.9. The van der Waals surface area contributed by atoms with E-state index >= 15 is 0 Å². The lowest BCUT2D eigenvalue weighted by molar-refractivity contribution is -0.384. The first-order chi connectivity index (χ1) is 13.8. The number of nitro benzene ring substituents is 1. The third-order valence-corrected chi connectivity index (χ3v) is 4.87. The summed E-state index contributed by atoms with van der Waals surface area (Å²) >= 11 is 0.914. The number of rotatable bonds is 5. The first-order valence-corrected chi connectivity index (χ1v) is 9.09. The molecule has 11 heteroatoms. The predicted octanol–water partition coefficient (Wildman–Crippen LogP) is 3.19. The van der Waals surface area contributed by atoms with Gasteiger partial charge in [-0.05, 0) is 25.1 Å². The largest absolute Gasteiger partial charge is 0.465 e. The SMILES string of the molecule is CCOC(=O)Cn1c(=NC(=O)c2ccc(F)cc2F)sc2cc([N+](=O)[O-])ccc21. The lowest BCUT2D eigenvalue weighted by atomic mass is 10.2. The number of aromatic nitrogens is 1. The standard InChI is InChI=1S/C18H13F2N3O5S/c1-2-28-16(24)9-22-14-6-4-11(23(26)27)8-15(14)29-18(22)21-17(25)12-5-3-10(19)7-13(12)20/h3-8H,2,9H2,1H3. The number of halogens is 2. The Morgan fingerprint density at radius 1 is 1.24 bits per heavy atom. The topological polar surface area (TPSA) is 104 Å². The number of benzene rings is 2. The van der Waals surface area contributed by atoms with Crippen LogP contribution >= 0.6 is 11.3 Å². The molecule has 0 saturated heterocycles. The van der Waals surface area contributed by atoms with Gasteiger partial charge in [0.2, 0.25) is 0 Å². The van der Waals surface area contributed by atoms with Crippen molar-refractivity contribution in [3.8, 4) is 0 Å². The van der Waals surface area contributed by atoms with Gasteiger partial charge in [-0.1, -0.05) is 11.3 Å². The maximum Gasteiger partial charge on any atom is 0.326 e. The van der Waals surface area contributed by atoms with E-state index in [2.05, 4.69) is 4.99 Å². The molecule has 0 spiro atoms. The van der Waals surface area contributed by atoms with Crippen molar-refractivity contribution in [3.63, 3.8) is 0 Å². The van der Waals surface area contributed by atoms with Gasteiger partial charge in [0, 0.05) is 18.2 Å². The van der Waals surface area contributed by atoms with Gasteiger partial charge in [0.15, 0.2) is 4.80 Å². The predicted molar refractivity (Wildman–Crippen MR) is 99.4 cm³/mol. The summed E-state index contributed by atoms with van der Waals surface area (Å²) in [6.07, 6.45) is 0. The minimum atomic E-state index is -1.08. The highest BCUT2D eigenvalue weighted by molar-refractivity contribution is 7.16. The Balaban J connectivity index is 2.15. The smallest absolute Gasteiger partial charge is 0.326 e. The zero-order valence-electron chi connectivity index (χ0n) is 14.9. The fourth-order valence-corrected chi connectivity index (χ4v) is 3.62. The zero-order chi connectivity index (χ0) is 21.1. The molecule has 0 unspecified atom stereocenters. The molecule has 29 heavy (non-hydrogen) atoms. The van der Waals surface area contributed by atoms with Gasteiger partial charge in [0.1, 0.15) is 18.2 Å². The molecule has 1 heterocycles. The summed E-state index contributed by atoms with van der Waals surface area (Å²) in [6.45, 7) is 1.46. The highest BCUT2D eigenvalue weighted by Crippen LogP contribution is 2.23. The summed E-state index contributed by atoms with van der Waals surface area (Å²) in [5.41, 5.74) is -0.207. The van der Waals surface area contributed by atoms with Crippen LogP contribution in [0.3, 0.4) is 0 Å². The van der Waals surface area contributed by atoms with E-state index in [0.717, 1.165) is 23.5 Å². The minimum absolute atomic E-state index is 0.0160. The molecule has 0 N–H and O–H groups in total. The summed E-state index contributed by atoms with van der Waals surface area (Å²) in [4.78, 5) is 38.6. The van der Waals surface area contributed by atoms with Crippen molar-refractivity contribution >= 4 is 39.1 Å². The van der Waals surface area contributed by atoms with Crippen molar-refractivity contribution in [2.45, 2.75) is 13.5 Å². The van der Waals surface area contributed by atoms with Crippen LogP contribution in [0.2, 0.25) is 0 Å². The van der Waals surface area contributed by atoms with E-state index in [-0.39, 0.29) is 23.6 Å². The molecular formula is C18H13F2N3O5S. The minimum Gasteiger partial charge on any atom is -0.465 e. The van der Waals surface area contributed by atoms with Gasteiger partial charge in [-0.15, -0.1) is 0 Å². The quantitative estimate of drug-likeness (QED) is 0.358. The van der Waals surface area contributed by atoms with Crippen LogP contribution in [0.4, 0.5) is 14.5 Å². The van der Waals surface area contributed by atoms with Crippen LogP contribution in [0.25, 0.3) is 10.2 Å². The van der Waals surface area contributed by atoms with Crippen molar-refractivity contribution < 1.29 is 28.0 Å². The van der Waals surface area contributed by atoms with E-state index in [1.165, 1.54) is 22.8 Å². The monoisotopic (exact) mass is 421 g/mol. The Morgan fingerprint density at radius 2 is 2.00 bits per heavy atom. The average Bonchev–Trinajstić information content (AvgIpc) is 2.98. The fraction of sp³-hybridized carbons (Fsp3) is 0.167. The van der Waals surface area contributed by atoms with Gasteiger partial charge in [0.25, 0.3) is 11.6 Å². The number of nitrogens with zero attached hydrogens (tertiary/aromatic N) is 3. The zero-order valence-corrected chi connectivity index (χ0v) is 15.7. The van der Waals surface area contributed by atoms with Gasteiger partial charge < -0.3 is 9.30 Å². The normalized spacial score (nSPS) is 11.6. The van der Waals surface area contributed by atoms with Crippen molar-refractivity contribution in [2.75, 3.05) is 6.61 Å². The number of non-ortho nitro benzene ring substituents is 1. The second-order valence-electron chi connectivity index (χ2n) is 5.73. The number of fused-ring (bicyclic) bond motifs is 1. The van der Waals surface area contributed by atoms with Crippen LogP contribution in [0, 0.1) is 21.7 Å². The Hall–Kier alpha value is -3.47. The number of carbonyl (C=O) groups excluding carboxylic acids is 2. The van der Waals surface area contributed by atoms with Crippen molar-refractivity contribution in [1.29, 1.82) is 0 Å². The third kappa shape index (κ3) is 4.35. The van der Waals surface area contributed by atoms with Crippen LogP contribution in [-0.4, -0.2) is 28.0 Å². The van der Waals surface area contributed by atoms with Crippen LogP contribution in [0.1, 0.15) is 17.3 Å². The Morgan fingerprint density at radius 3 is 2.66 bits per heavy atom. The molecule has 0 aliphatic heterocycles. The number of amides is 1. The van der Waals surface area contributed by atoms with Crippen molar-refractivity contribution in [1.82, 2.24) is 4.57 Å². The summed E-state index contributed by atoms with van der Waals surface area (Å²) < 4.78 is 33.6. The van der Waals surface area contributed by atoms with Gasteiger partial charge in [0.05, 0.1) is 27.3 Å². The van der Waals surface area contributed by atoms with E-state index in [1.54, 1.807) is 6.92 Å². The van der Waals surface area contributed by atoms with Gasteiger partial charge in [-0.3, -0.25) is 19.7 Å². The van der Waals surface area contributed by atoms with Crippen LogP contribution in [0.15, 0.2) is 41.4 Å². The van der Waals surface area contributed by atoms with E-state index in [9.17, 15) is 28.5 Å². The molecule has 0 bridgehead atoms. The molecule has 1 aromatic heterocycles. The van der Waals surface area contributed by atoms with Gasteiger partial charge >= 0.3 is 5.97 Å². The fourth-order valence-electron chi connectivity index (χ4n) is 2.56. The number of hydrogen-bond acceptors (Lipinski definition) is 6. The molecule has 3 aromatic rings. The van der Waals surface area contributed by atoms with Crippen LogP contribution in [0.5, 0.6) is 0 Å². The number of thiazole rings is 1. The van der Waals surface area contributed by atoms with Crippen LogP contribution in [-0.2, 0) is 16.1 Å². The second kappa shape index (κ2) is 8.27. The molecule has 150 valence electrons. The van der Waals surface area contributed by atoms with E-state index in [0.29, 0.717) is 16.3 Å². The molecule has 1 amide bonds. The first-order valence-electron chi connectivity index (χ1n) is 8.27. The molecule has 8 nitrogen and oxygen atoms in total. The van der Waals surface area contributed by atoms with Crippen LogP contribution < -0.4 is 4.80 Å². The van der Waals surface area contributed by atoms with E-state index in [4.69, 9.17) is 4.74 Å². The number of esters is 1. The van der Waals surface area contributed by atoms with Gasteiger partial charge in [-0.2, -0.15) is 4.99 Å². The molecule has 0 atom stereocenters. The number of hydrogen-bond donors (Lipinski definition) is 0. The highest BCUT2D eigenvalue weighted by atomic mass is 32.1. The summed E-state index contributed by atoms with van der Waals surface area (Å²) in [5, 5.41) is 11.0. The molecule has 2 aromatic carbocycles. The number of nitro groups is 1. The molecule has 0 aliphatic rings. The molecule has 3 rings (SSSR count). The number of carbonyl (C=O) groups is 2. The first kappa shape index (κ1) is 20.3. The Bertz CT molecular complexity index is 1200. The Kier molecular flexibility index (Phi) is 5.78. The highest BCUT2D eigenvalue weighted by Gasteiger charge is 2.17. The lowest BCUT2D eigenvalue weighted by Gasteiger charge is -2.05. The summed E-state index contributed by atoms with van der Waals surface area (Å²) in [5.74, 6) is -3.51. The summed E-state index contributed by atoms with van der Waals surface area (Å²) in [7, 11) is 0. The molecule has 0 saturated carbocycles. The average molecular weight is 421 g/mol. The maximum atomic E-state index is 13.9. The van der Waals surface area contributed by atoms with Gasteiger partial charge in [-0.25, -0.2) is 8.78 Å².